The normalized spacial score (nSPS) is 14.5. The SMILES string of the molecule is CC(C)(C)NS(=O)(=O)c1ccc(C(=O)Nc2cc(Cl)ccc2C(=O)N2CCCC2)cc1. The Labute approximate surface area is 187 Å². The number of rotatable bonds is 5. The summed E-state index contributed by atoms with van der Waals surface area (Å²) in [4.78, 5) is 27.4. The molecule has 3 rings (SSSR count). The summed E-state index contributed by atoms with van der Waals surface area (Å²) in [5, 5.41) is 3.12. The van der Waals surface area contributed by atoms with Crippen LogP contribution in [-0.2, 0) is 10.0 Å². The maximum atomic E-state index is 12.8. The predicted molar refractivity (Wildman–Crippen MR) is 121 cm³/mol. The van der Waals surface area contributed by atoms with Gasteiger partial charge >= 0.3 is 0 Å². The van der Waals surface area contributed by atoms with Crippen molar-refractivity contribution >= 4 is 39.1 Å². The lowest BCUT2D eigenvalue weighted by molar-refractivity contribution is 0.0794. The van der Waals surface area contributed by atoms with Crippen molar-refractivity contribution in [1.29, 1.82) is 0 Å². The Hall–Kier alpha value is -2.42. The molecule has 1 heterocycles. The Morgan fingerprint density at radius 1 is 1.00 bits per heavy atom. The number of amides is 2. The first-order valence-electron chi connectivity index (χ1n) is 10.0. The molecule has 0 saturated carbocycles. The predicted octanol–water partition coefficient (Wildman–Crippen LogP) is 3.91. The summed E-state index contributed by atoms with van der Waals surface area (Å²) < 4.78 is 27.4. The maximum Gasteiger partial charge on any atom is 0.255 e. The number of halogens is 1. The van der Waals surface area contributed by atoms with Crippen LogP contribution < -0.4 is 10.0 Å². The minimum atomic E-state index is -3.70. The second-order valence-corrected chi connectivity index (χ2v) is 10.6. The van der Waals surface area contributed by atoms with E-state index >= 15 is 0 Å². The number of anilines is 1. The van der Waals surface area contributed by atoms with Crippen LogP contribution in [0.2, 0.25) is 5.02 Å². The molecule has 0 atom stereocenters. The molecule has 2 amide bonds. The summed E-state index contributed by atoms with van der Waals surface area (Å²) >= 11 is 6.08. The number of hydrogen-bond acceptors (Lipinski definition) is 4. The highest BCUT2D eigenvalue weighted by Gasteiger charge is 2.24. The first-order chi connectivity index (χ1) is 14.5. The Bertz CT molecular complexity index is 1090. The van der Waals surface area contributed by atoms with Gasteiger partial charge in [0.2, 0.25) is 10.0 Å². The minimum Gasteiger partial charge on any atom is -0.339 e. The maximum absolute atomic E-state index is 12.8. The summed E-state index contributed by atoms with van der Waals surface area (Å²) in [5.41, 5.74) is 0.322. The first kappa shape index (κ1) is 23.2. The fourth-order valence-electron chi connectivity index (χ4n) is 3.34. The van der Waals surface area contributed by atoms with E-state index in [0.29, 0.717) is 29.4 Å². The van der Waals surface area contributed by atoms with E-state index in [-0.39, 0.29) is 16.4 Å². The molecule has 7 nitrogen and oxygen atoms in total. The van der Waals surface area contributed by atoms with Crippen molar-refractivity contribution in [1.82, 2.24) is 9.62 Å². The zero-order chi connectivity index (χ0) is 22.8. The van der Waals surface area contributed by atoms with E-state index < -0.39 is 21.5 Å². The Kier molecular flexibility index (Phi) is 6.73. The average Bonchev–Trinajstić information content (AvgIpc) is 3.21. The summed E-state index contributed by atoms with van der Waals surface area (Å²) in [6.45, 7) is 6.62. The molecule has 0 aromatic heterocycles. The number of likely N-dealkylation sites (tertiary alicyclic amines) is 1. The van der Waals surface area contributed by atoms with Gasteiger partial charge in [-0.05, 0) is 76.1 Å². The minimum absolute atomic E-state index is 0.0617. The van der Waals surface area contributed by atoms with Gasteiger partial charge in [0.05, 0.1) is 16.1 Å². The zero-order valence-electron chi connectivity index (χ0n) is 17.7. The van der Waals surface area contributed by atoms with Crippen molar-refractivity contribution in [3.8, 4) is 0 Å². The van der Waals surface area contributed by atoms with E-state index in [0.717, 1.165) is 12.8 Å². The number of benzene rings is 2. The van der Waals surface area contributed by atoms with E-state index in [2.05, 4.69) is 10.0 Å². The van der Waals surface area contributed by atoms with Gasteiger partial charge in [-0.15, -0.1) is 0 Å². The van der Waals surface area contributed by atoms with E-state index in [1.54, 1.807) is 37.8 Å². The van der Waals surface area contributed by atoms with Crippen LogP contribution in [0.25, 0.3) is 0 Å². The van der Waals surface area contributed by atoms with Crippen molar-refractivity contribution in [2.75, 3.05) is 18.4 Å². The number of carbonyl (C=O) groups excluding carboxylic acids is 2. The fourth-order valence-corrected chi connectivity index (χ4v) is 4.93. The van der Waals surface area contributed by atoms with Crippen molar-refractivity contribution in [2.24, 2.45) is 0 Å². The van der Waals surface area contributed by atoms with Crippen LogP contribution in [0.3, 0.4) is 0 Å². The number of sulfonamides is 1. The van der Waals surface area contributed by atoms with Crippen LogP contribution >= 0.6 is 11.6 Å². The van der Waals surface area contributed by atoms with Crippen molar-refractivity contribution < 1.29 is 18.0 Å². The molecule has 0 unspecified atom stereocenters. The fraction of sp³-hybridized carbons (Fsp3) is 0.364. The Balaban J connectivity index is 1.80. The van der Waals surface area contributed by atoms with E-state index in [9.17, 15) is 18.0 Å². The molecule has 166 valence electrons. The molecular weight excluding hydrogens is 438 g/mol. The highest BCUT2D eigenvalue weighted by Crippen LogP contribution is 2.25. The number of hydrogen-bond donors (Lipinski definition) is 2. The molecule has 0 radical (unpaired) electrons. The van der Waals surface area contributed by atoms with Gasteiger partial charge in [0.25, 0.3) is 11.8 Å². The highest BCUT2D eigenvalue weighted by molar-refractivity contribution is 7.89. The molecule has 0 spiro atoms. The third-order valence-corrected chi connectivity index (χ3v) is 6.73. The van der Waals surface area contributed by atoms with E-state index in [1.807, 2.05) is 0 Å². The molecule has 2 N–H and O–H groups in total. The summed E-state index contributed by atoms with van der Waals surface area (Å²) in [6.07, 6.45) is 1.92. The molecule has 1 aliphatic rings. The highest BCUT2D eigenvalue weighted by atomic mass is 35.5. The molecule has 2 aromatic rings. The van der Waals surface area contributed by atoms with Gasteiger partial charge in [-0.25, -0.2) is 13.1 Å². The monoisotopic (exact) mass is 463 g/mol. The molecule has 1 saturated heterocycles. The van der Waals surface area contributed by atoms with E-state index in [1.165, 1.54) is 30.3 Å². The molecule has 9 heteroatoms. The second kappa shape index (κ2) is 8.98. The lowest BCUT2D eigenvalue weighted by Crippen LogP contribution is -2.40. The molecule has 1 aliphatic heterocycles. The summed E-state index contributed by atoms with van der Waals surface area (Å²) in [7, 11) is -3.70. The lowest BCUT2D eigenvalue weighted by Gasteiger charge is -2.20. The Morgan fingerprint density at radius 2 is 1.61 bits per heavy atom. The number of carbonyl (C=O) groups is 2. The van der Waals surface area contributed by atoms with Crippen molar-refractivity contribution in [2.45, 2.75) is 44.0 Å². The van der Waals surface area contributed by atoms with Crippen LogP contribution in [0.1, 0.15) is 54.3 Å². The number of nitrogens with one attached hydrogen (secondary N) is 2. The molecule has 0 bridgehead atoms. The molecule has 0 aliphatic carbocycles. The molecule has 2 aromatic carbocycles. The quantitative estimate of drug-likeness (QED) is 0.702. The molecular formula is C22H26ClN3O4S. The first-order valence-corrected chi connectivity index (χ1v) is 11.9. The smallest absolute Gasteiger partial charge is 0.255 e. The van der Waals surface area contributed by atoms with Crippen LogP contribution in [0.4, 0.5) is 5.69 Å². The second-order valence-electron chi connectivity index (χ2n) is 8.52. The summed E-state index contributed by atoms with van der Waals surface area (Å²) in [5.74, 6) is -0.621. The van der Waals surface area contributed by atoms with Gasteiger partial charge in [-0.1, -0.05) is 11.6 Å². The van der Waals surface area contributed by atoms with Gasteiger partial charge < -0.3 is 10.2 Å². The van der Waals surface area contributed by atoms with Crippen LogP contribution in [0, 0.1) is 0 Å². The lowest BCUT2D eigenvalue weighted by atomic mass is 10.1. The van der Waals surface area contributed by atoms with Crippen LogP contribution in [0.15, 0.2) is 47.4 Å². The standard InChI is InChI=1S/C22H26ClN3O4S/c1-22(2,3)25-31(29,30)17-9-6-15(7-10-17)20(27)24-19-14-16(23)8-11-18(19)21(28)26-12-4-5-13-26/h6-11,14,25H,4-5,12-13H2,1-3H3,(H,24,27). The van der Waals surface area contributed by atoms with Crippen molar-refractivity contribution in [3.05, 3.63) is 58.6 Å². The average molecular weight is 464 g/mol. The van der Waals surface area contributed by atoms with Crippen molar-refractivity contribution in [3.63, 3.8) is 0 Å². The van der Waals surface area contributed by atoms with Crippen LogP contribution in [0.5, 0.6) is 0 Å². The molecule has 1 fully saturated rings. The largest absolute Gasteiger partial charge is 0.339 e. The zero-order valence-corrected chi connectivity index (χ0v) is 19.3. The van der Waals surface area contributed by atoms with Gasteiger partial charge in [-0.2, -0.15) is 0 Å². The van der Waals surface area contributed by atoms with Gasteiger partial charge in [0, 0.05) is 29.2 Å². The van der Waals surface area contributed by atoms with Gasteiger partial charge in [-0.3, -0.25) is 9.59 Å². The van der Waals surface area contributed by atoms with Crippen LogP contribution in [-0.4, -0.2) is 43.8 Å². The third kappa shape index (κ3) is 5.84. The third-order valence-electron chi connectivity index (χ3n) is 4.72. The summed E-state index contributed by atoms with van der Waals surface area (Å²) in [6, 6.07) is 10.4. The van der Waals surface area contributed by atoms with E-state index in [4.69, 9.17) is 11.6 Å². The molecule has 31 heavy (non-hydrogen) atoms. The Morgan fingerprint density at radius 3 is 2.19 bits per heavy atom. The van der Waals surface area contributed by atoms with Gasteiger partial charge in [0.15, 0.2) is 0 Å². The topological polar surface area (TPSA) is 95.6 Å². The van der Waals surface area contributed by atoms with Gasteiger partial charge in [0.1, 0.15) is 0 Å². The number of nitrogens with zero attached hydrogens (tertiary/aromatic N) is 1.